The number of carbonyl (C=O) groups excluding carboxylic acids is 1. The largest absolute Gasteiger partial charge is 0.459 e. The lowest BCUT2D eigenvalue weighted by molar-refractivity contribution is -0.152. The van der Waals surface area contributed by atoms with Gasteiger partial charge in [0.05, 0.1) is 13.2 Å². The Hall–Kier alpha value is -0.940. The number of rotatable bonds is 9. The summed E-state index contributed by atoms with van der Waals surface area (Å²) in [6.45, 7) is 10.9. The van der Waals surface area contributed by atoms with Crippen molar-refractivity contribution in [1.82, 2.24) is 0 Å². The van der Waals surface area contributed by atoms with Crippen molar-refractivity contribution in [1.29, 1.82) is 0 Å². The summed E-state index contributed by atoms with van der Waals surface area (Å²) in [4.78, 5) is 15.6. The Morgan fingerprint density at radius 2 is 1.85 bits per heavy atom. The van der Waals surface area contributed by atoms with E-state index in [1.165, 1.54) is 0 Å². The minimum Gasteiger partial charge on any atom is -0.459 e. The maximum Gasteiger partial charge on any atom is 0.328 e. The van der Waals surface area contributed by atoms with E-state index < -0.39 is 5.60 Å². The number of ether oxygens (including phenoxy) is 2. The molecule has 0 aromatic carbocycles. The van der Waals surface area contributed by atoms with Gasteiger partial charge < -0.3 is 14.6 Å². The lowest BCUT2D eigenvalue weighted by atomic mass is 9.86. The minimum absolute atomic E-state index is 0.0533. The fraction of sp³-hybridized carbons (Fsp3) is 0.867. The van der Waals surface area contributed by atoms with Crippen LogP contribution in [0.2, 0.25) is 0 Å². The van der Waals surface area contributed by atoms with E-state index in [2.05, 4.69) is 18.8 Å². The molecule has 0 spiro atoms. The van der Waals surface area contributed by atoms with Crippen molar-refractivity contribution >= 4 is 12.2 Å². The zero-order valence-electron chi connectivity index (χ0n) is 13.4. The van der Waals surface area contributed by atoms with Crippen LogP contribution >= 0.6 is 0 Å². The van der Waals surface area contributed by atoms with E-state index in [0.717, 1.165) is 12.8 Å². The molecule has 0 rings (SSSR count). The SMILES string of the molecule is CC(C)(C/C=N/CC(=O)OC(C)(C)C)CCOCCO. The molecule has 0 amide bonds. The summed E-state index contributed by atoms with van der Waals surface area (Å²) in [6, 6.07) is 0. The first-order valence-electron chi connectivity index (χ1n) is 7.05. The van der Waals surface area contributed by atoms with E-state index in [4.69, 9.17) is 14.6 Å². The molecular formula is C15H29NO4. The lowest BCUT2D eigenvalue weighted by Crippen LogP contribution is -2.25. The first-order valence-corrected chi connectivity index (χ1v) is 7.05. The van der Waals surface area contributed by atoms with Gasteiger partial charge in [-0.15, -0.1) is 0 Å². The highest BCUT2D eigenvalue weighted by molar-refractivity contribution is 5.74. The first kappa shape index (κ1) is 19.1. The monoisotopic (exact) mass is 287 g/mol. The van der Waals surface area contributed by atoms with Gasteiger partial charge in [-0.05, 0) is 45.2 Å². The first-order chi connectivity index (χ1) is 9.16. The molecule has 0 aromatic heterocycles. The average Bonchev–Trinajstić information content (AvgIpc) is 2.28. The van der Waals surface area contributed by atoms with Gasteiger partial charge in [-0.25, -0.2) is 0 Å². The van der Waals surface area contributed by atoms with Crippen molar-refractivity contribution in [3.63, 3.8) is 0 Å². The van der Waals surface area contributed by atoms with E-state index >= 15 is 0 Å². The Bertz CT molecular complexity index is 305. The van der Waals surface area contributed by atoms with Crippen LogP contribution in [0.4, 0.5) is 0 Å². The van der Waals surface area contributed by atoms with Crippen LogP contribution in [0.15, 0.2) is 4.99 Å². The van der Waals surface area contributed by atoms with Crippen molar-refractivity contribution in [2.45, 2.75) is 53.1 Å². The highest BCUT2D eigenvalue weighted by Gasteiger charge is 2.17. The molecule has 0 fully saturated rings. The normalized spacial score (nSPS) is 12.9. The molecule has 1 N–H and O–H groups in total. The molecule has 0 aliphatic heterocycles. The predicted molar refractivity (Wildman–Crippen MR) is 80.1 cm³/mol. The van der Waals surface area contributed by atoms with Gasteiger partial charge >= 0.3 is 5.97 Å². The Morgan fingerprint density at radius 3 is 2.40 bits per heavy atom. The van der Waals surface area contributed by atoms with Crippen LogP contribution in [0.1, 0.15) is 47.5 Å². The zero-order chi connectivity index (χ0) is 15.6. The van der Waals surface area contributed by atoms with Crippen LogP contribution in [0.3, 0.4) is 0 Å². The highest BCUT2D eigenvalue weighted by atomic mass is 16.6. The molecule has 0 atom stereocenters. The molecule has 0 saturated carbocycles. The lowest BCUT2D eigenvalue weighted by Gasteiger charge is -2.22. The molecule has 5 nitrogen and oxygen atoms in total. The van der Waals surface area contributed by atoms with E-state index in [1.807, 2.05) is 20.8 Å². The van der Waals surface area contributed by atoms with Gasteiger partial charge in [0.25, 0.3) is 0 Å². The standard InChI is InChI=1S/C15H29NO4/c1-14(2,3)20-13(18)12-16-8-6-15(4,5)7-10-19-11-9-17/h8,17H,6-7,9-12H2,1-5H3/b16-8+. The molecule has 0 aliphatic rings. The summed E-state index contributed by atoms with van der Waals surface area (Å²) in [5, 5.41) is 8.61. The summed E-state index contributed by atoms with van der Waals surface area (Å²) in [6.07, 6.45) is 3.43. The molecular weight excluding hydrogens is 258 g/mol. The van der Waals surface area contributed by atoms with Crippen molar-refractivity contribution in [2.24, 2.45) is 10.4 Å². The van der Waals surface area contributed by atoms with Gasteiger partial charge in [0.1, 0.15) is 12.1 Å². The summed E-state index contributed by atoms with van der Waals surface area (Å²) >= 11 is 0. The van der Waals surface area contributed by atoms with Crippen LogP contribution in [0.25, 0.3) is 0 Å². The topological polar surface area (TPSA) is 68.1 Å². The maximum atomic E-state index is 11.4. The van der Waals surface area contributed by atoms with Crippen LogP contribution in [0, 0.1) is 5.41 Å². The van der Waals surface area contributed by atoms with Gasteiger partial charge in [0, 0.05) is 6.61 Å². The minimum atomic E-state index is -0.462. The quantitative estimate of drug-likeness (QED) is 0.401. The van der Waals surface area contributed by atoms with E-state index in [1.54, 1.807) is 6.21 Å². The van der Waals surface area contributed by atoms with Crippen LogP contribution < -0.4 is 0 Å². The van der Waals surface area contributed by atoms with Crippen molar-refractivity contribution < 1.29 is 19.4 Å². The van der Waals surface area contributed by atoms with Crippen LogP contribution in [0.5, 0.6) is 0 Å². The van der Waals surface area contributed by atoms with Gasteiger partial charge in [-0.2, -0.15) is 0 Å². The second-order valence-electron chi connectivity index (χ2n) is 6.56. The van der Waals surface area contributed by atoms with Crippen molar-refractivity contribution in [3.8, 4) is 0 Å². The molecule has 0 aromatic rings. The van der Waals surface area contributed by atoms with E-state index in [0.29, 0.717) is 13.2 Å². The van der Waals surface area contributed by atoms with Crippen molar-refractivity contribution in [3.05, 3.63) is 0 Å². The molecule has 20 heavy (non-hydrogen) atoms. The van der Waals surface area contributed by atoms with E-state index in [9.17, 15) is 4.79 Å². The molecule has 0 saturated heterocycles. The molecule has 118 valence electrons. The zero-order valence-corrected chi connectivity index (χ0v) is 13.4. The molecule has 5 heteroatoms. The number of nitrogens with zero attached hydrogens (tertiary/aromatic N) is 1. The third kappa shape index (κ3) is 12.1. The second-order valence-corrected chi connectivity index (χ2v) is 6.56. The third-order valence-electron chi connectivity index (χ3n) is 2.57. The van der Waals surface area contributed by atoms with Crippen molar-refractivity contribution in [2.75, 3.05) is 26.4 Å². The maximum absolute atomic E-state index is 11.4. The smallest absolute Gasteiger partial charge is 0.328 e. The fourth-order valence-corrected chi connectivity index (χ4v) is 1.44. The van der Waals surface area contributed by atoms with Gasteiger partial charge in [0.2, 0.25) is 0 Å². The molecule has 0 unspecified atom stereocenters. The average molecular weight is 287 g/mol. The number of carbonyl (C=O) groups is 1. The molecule has 0 radical (unpaired) electrons. The Kier molecular flexibility index (Phi) is 8.65. The highest BCUT2D eigenvalue weighted by Crippen LogP contribution is 2.23. The Morgan fingerprint density at radius 1 is 1.20 bits per heavy atom. The van der Waals surface area contributed by atoms with Gasteiger partial charge in [0.15, 0.2) is 0 Å². The molecule has 0 heterocycles. The van der Waals surface area contributed by atoms with Gasteiger partial charge in [-0.1, -0.05) is 13.8 Å². The Labute approximate surface area is 122 Å². The summed E-state index contributed by atoms with van der Waals surface area (Å²) in [7, 11) is 0. The summed E-state index contributed by atoms with van der Waals surface area (Å²) in [5.41, 5.74) is -0.400. The number of aliphatic hydroxyl groups excluding tert-OH is 1. The van der Waals surface area contributed by atoms with E-state index in [-0.39, 0.29) is 24.5 Å². The second kappa shape index (κ2) is 9.08. The van der Waals surface area contributed by atoms with Crippen LogP contribution in [-0.4, -0.2) is 49.3 Å². The number of hydrogen-bond donors (Lipinski definition) is 1. The number of esters is 1. The Balaban J connectivity index is 3.89. The number of aliphatic imine (C=N–C) groups is 1. The number of hydrogen-bond acceptors (Lipinski definition) is 5. The molecule has 0 aliphatic carbocycles. The summed E-state index contributed by atoms with van der Waals surface area (Å²) < 4.78 is 10.4. The third-order valence-corrected chi connectivity index (χ3v) is 2.57. The number of aliphatic hydroxyl groups is 1. The molecule has 0 bridgehead atoms. The van der Waals surface area contributed by atoms with Gasteiger partial charge in [-0.3, -0.25) is 9.79 Å². The predicted octanol–water partition coefficient (Wildman–Crippen LogP) is 2.21. The van der Waals surface area contributed by atoms with Crippen LogP contribution in [-0.2, 0) is 14.3 Å². The summed E-state index contributed by atoms with van der Waals surface area (Å²) in [5.74, 6) is -0.308. The fourth-order valence-electron chi connectivity index (χ4n) is 1.44.